The van der Waals surface area contributed by atoms with E-state index < -0.39 is 7.60 Å². The molecule has 2 N–H and O–H groups in total. The van der Waals surface area contributed by atoms with Crippen molar-refractivity contribution in [1.29, 1.82) is 5.26 Å². The first-order valence-electron chi connectivity index (χ1n) is 8.57. The molecular formula is C18H22N3O4P. The maximum absolute atomic E-state index is 11.1. The van der Waals surface area contributed by atoms with Crippen LogP contribution in [0.3, 0.4) is 0 Å². The van der Waals surface area contributed by atoms with Crippen LogP contribution in [0.1, 0.15) is 24.8 Å². The minimum atomic E-state index is -3.94. The van der Waals surface area contributed by atoms with Crippen LogP contribution in [0.5, 0.6) is 5.75 Å². The van der Waals surface area contributed by atoms with Crippen molar-refractivity contribution < 1.29 is 19.1 Å². The summed E-state index contributed by atoms with van der Waals surface area (Å²) in [5.74, 6) is 1.01. The average molecular weight is 375 g/mol. The highest BCUT2D eigenvalue weighted by molar-refractivity contribution is 7.51. The van der Waals surface area contributed by atoms with Crippen LogP contribution in [0.15, 0.2) is 24.4 Å². The third-order valence-electron chi connectivity index (χ3n) is 4.93. The Morgan fingerprint density at radius 3 is 2.73 bits per heavy atom. The van der Waals surface area contributed by atoms with Gasteiger partial charge in [0.1, 0.15) is 11.8 Å². The third kappa shape index (κ3) is 4.16. The standard InChI is InChI=1S/C18H22N3O4P/c1-25-15-2-3-17-16(10-15)18(14(11-19)12-20-17)21-7-4-13(5-8-21)6-9-26(22,23)24/h2-3,10,12-13H,4-9H2,1H3,(H2,22,23,24). The molecule has 2 aromatic rings. The zero-order valence-corrected chi connectivity index (χ0v) is 15.5. The molecule has 26 heavy (non-hydrogen) atoms. The number of benzene rings is 1. The average Bonchev–Trinajstić information content (AvgIpc) is 2.64. The lowest BCUT2D eigenvalue weighted by Crippen LogP contribution is -2.34. The predicted octanol–water partition coefficient (Wildman–Crippen LogP) is 2.90. The summed E-state index contributed by atoms with van der Waals surface area (Å²) in [6.07, 6.45) is 3.77. The number of aromatic nitrogens is 1. The van der Waals surface area contributed by atoms with Crippen LogP contribution in [0, 0.1) is 17.2 Å². The number of nitrogens with zero attached hydrogens (tertiary/aromatic N) is 3. The molecule has 0 spiro atoms. The number of methoxy groups -OCH3 is 1. The highest BCUT2D eigenvalue weighted by atomic mass is 31.2. The Bertz CT molecular complexity index is 882. The molecule has 1 aliphatic rings. The topological polar surface area (TPSA) is 107 Å². The highest BCUT2D eigenvalue weighted by Gasteiger charge is 2.25. The van der Waals surface area contributed by atoms with Crippen LogP contribution < -0.4 is 9.64 Å². The zero-order valence-electron chi connectivity index (χ0n) is 14.6. The molecule has 0 atom stereocenters. The second kappa shape index (κ2) is 7.63. The van der Waals surface area contributed by atoms with Crippen molar-refractivity contribution in [3.05, 3.63) is 30.0 Å². The molecule has 1 aromatic heterocycles. The van der Waals surface area contributed by atoms with E-state index in [2.05, 4.69) is 16.0 Å². The fraction of sp³-hybridized carbons (Fsp3) is 0.444. The molecule has 0 amide bonds. The molecule has 7 nitrogen and oxygen atoms in total. The quantitative estimate of drug-likeness (QED) is 0.774. The largest absolute Gasteiger partial charge is 0.497 e. The van der Waals surface area contributed by atoms with Gasteiger partial charge in [-0.25, -0.2) is 0 Å². The van der Waals surface area contributed by atoms with E-state index in [1.807, 2.05) is 18.2 Å². The van der Waals surface area contributed by atoms with E-state index in [1.165, 1.54) is 0 Å². The normalized spacial score (nSPS) is 15.8. The van der Waals surface area contributed by atoms with Crippen LogP contribution in [0.25, 0.3) is 10.9 Å². The smallest absolute Gasteiger partial charge is 0.325 e. The summed E-state index contributed by atoms with van der Waals surface area (Å²) in [5, 5.41) is 10.4. The number of rotatable bonds is 5. The fourth-order valence-corrected chi connectivity index (χ4v) is 4.20. The van der Waals surface area contributed by atoms with Gasteiger partial charge in [0.25, 0.3) is 0 Å². The number of anilines is 1. The van der Waals surface area contributed by atoms with Gasteiger partial charge in [0.15, 0.2) is 0 Å². The van der Waals surface area contributed by atoms with Crippen molar-refractivity contribution in [3.8, 4) is 11.8 Å². The summed E-state index contributed by atoms with van der Waals surface area (Å²) in [6.45, 7) is 1.49. The van der Waals surface area contributed by atoms with Crippen LogP contribution >= 0.6 is 7.60 Å². The number of ether oxygens (including phenoxy) is 1. The molecule has 0 radical (unpaired) electrons. The lowest BCUT2D eigenvalue weighted by molar-refractivity contribution is 0.350. The molecule has 1 saturated heterocycles. The van der Waals surface area contributed by atoms with E-state index in [1.54, 1.807) is 13.3 Å². The number of nitriles is 1. The predicted molar refractivity (Wildman–Crippen MR) is 99.5 cm³/mol. The second-order valence-electron chi connectivity index (χ2n) is 6.62. The molecule has 1 fully saturated rings. The molecule has 138 valence electrons. The van der Waals surface area contributed by atoms with E-state index in [0.717, 1.165) is 42.5 Å². The van der Waals surface area contributed by atoms with Crippen molar-refractivity contribution in [2.45, 2.75) is 19.3 Å². The molecule has 0 saturated carbocycles. The highest BCUT2D eigenvalue weighted by Crippen LogP contribution is 2.39. The summed E-state index contributed by atoms with van der Waals surface area (Å²) in [5.41, 5.74) is 2.20. The molecule has 1 aliphatic heterocycles. The number of hydrogen-bond acceptors (Lipinski definition) is 5. The Morgan fingerprint density at radius 2 is 2.12 bits per heavy atom. The zero-order chi connectivity index (χ0) is 18.7. The number of fused-ring (bicyclic) bond motifs is 1. The molecule has 8 heteroatoms. The van der Waals surface area contributed by atoms with E-state index in [0.29, 0.717) is 23.7 Å². The lowest BCUT2D eigenvalue weighted by Gasteiger charge is -2.34. The molecule has 0 bridgehead atoms. The molecule has 0 unspecified atom stereocenters. The van der Waals surface area contributed by atoms with Crippen LogP contribution in [0.4, 0.5) is 5.69 Å². The maximum Gasteiger partial charge on any atom is 0.325 e. The van der Waals surface area contributed by atoms with Gasteiger partial charge in [-0.15, -0.1) is 0 Å². The van der Waals surface area contributed by atoms with Gasteiger partial charge in [-0.1, -0.05) is 0 Å². The number of piperidine rings is 1. The van der Waals surface area contributed by atoms with Crippen LogP contribution in [-0.2, 0) is 4.57 Å². The van der Waals surface area contributed by atoms with E-state index in [9.17, 15) is 9.83 Å². The van der Waals surface area contributed by atoms with Crippen molar-refractivity contribution in [1.82, 2.24) is 4.98 Å². The third-order valence-corrected chi connectivity index (χ3v) is 5.77. The Balaban J connectivity index is 1.84. The minimum absolute atomic E-state index is 0.0590. The monoisotopic (exact) mass is 375 g/mol. The molecule has 2 heterocycles. The first-order valence-corrected chi connectivity index (χ1v) is 10.4. The Morgan fingerprint density at radius 1 is 1.38 bits per heavy atom. The van der Waals surface area contributed by atoms with Crippen molar-refractivity contribution in [2.24, 2.45) is 5.92 Å². The minimum Gasteiger partial charge on any atom is -0.497 e. The van der Waals surface area contributed by atoms with Crippen LogP contribution in [0.2, 0.25) is 0 Å². The lowest BCUT2D eigenvalue weighted by atomic mass is 9.93. The SMILES string of the molecule is COc1ccc2ncc(C#N)c(N3CCC(CCP(=O)(O)O)CC3)c2c1. The first kappa shape index (κ1) is 18.7. The Hall–Kier alpha value is -2.13. The van der Waals surface area contributed by atoms with Gasteiger partial charge in [0, 0.05) is 24.7 Å². The van der Waals surface area contributed by atoms with Crippen molar-refractivity contribution in [2.75, 3.05) is 31.3 Å². The number of pyridine rings is 1. The first-order chi connectivity index (χ1) is 12.4. The van der Waals surface area contributed by atoms with Gasteiger partial charge in [0.05, 0.1) is 30.0 Å². The van der Waals surface area contributed by atoms with Gasteiger partial charge in [-0.2, -0.15) is 5.26 Å². The Kier molecular flexibility index (Phi) is 5.47. The van der Waals surface area contributed by atoms with Gasteiger partial charge < -0.3 is 19.4 Å². The van der Waals surface area contributed by atoms with Gasteiger partial charge in [-0.3, -0.25) is 9.55 Å². The second-order valence-corrected chi connectivity index (χ2v) is 8.40. The molecule has 1 aromatic carbocycles. The summed E-state index contributed by atoms with van der Waals surface area (Å²) in [4.78, 5) is 24.7. The summed E-state index contributed by atoms with van der Waals surface area (Å²) in [7, 11) is -2.33. The fourth-order valence-electron chi connectivity index (χ4n) is 3.50. The molecular weight excluding hydrogens is 353 g/mol. The van der Waals surface area contributed by atoms with E-state index >= 15 is 0 Å². The van der Waals surface area contributed by atoms with E-state index in [4.69, 9.17) is 14.5 Å². The maximum atomic E-state index is 11.1. The van der Waals surface area contributed by atoms with Gasteiger partial charge in [0.2, 0.25) is 0 Å². The van der Waals surface area contributed by atoms with Crippen molar-refractivity contribution in [3.63, 3.8) is 0 Å². The summed E-state index contributed by atoms with van der Waals surface area (Å²) >= 11 is 0. The van der Waals surface area contributed by atoms with Crippen LogP contribution in [-0.4, -0.2) is 41.1 Å². The van der Waals surface area contributed by atoms with E-state index in [-0.39, 0.29) is 6.16 Å². The van der Waals surface area contributed by atoms with Gasteiger partial charge >= 0.3 is 7.60 Å². The number of hydrogen-bond donors (Lipinski definition) is 2. The molecule has 0 aliphatic carbocycles. The van der Waals surface area contributed by atoms with Gasteiger partial charge in [-0.05, 0) is 43.4 Å². The summed E-state index contributed by atoms with van der Waals surface area (Å²) in [6, 6.07) is 7.86. The van der Waals surface area contributed by atoms with Crippen molar-refractivity contribution >= 4 is 24.2 Å². The molecule has 3 rings (SSSR count). The summed E-state index contributed by atoms with van der Waals surface area (Å²) < 4.78 is 16.4. The Labute approximate surface area is 152 Å².